The Morgan fingerprint density at radius 2 is 2.11 bits per heavy atom. The molecule has 2 atom stereocenters. The zero-order chi connectivity index (χ0) is 12.3. The summed E-state index contributed by atoms with van der Waals surface area (Å²) in [6.07, 6.45) is 1.91. The minimum Gasteiger partial charge on any atom is -0.371 e. The summed E-state index contributed by atoms with van der Waals surface area (Å²) >= 11 is 1.64. The number of hydrogen-bond acceptors (Lipinski definition) is 4. The number of aromatic nitrogens is 1. The molecule has 3 aliphatic rings. The van der Waals surface area contributed by atoms with Crippen LogP contribution in [0.3, 0.4) is 0 Å². The number of benzene rings is 1. The largest absolute Gasteiger partial charge is 0.371 e. The fourth-order valence-corrected chi connectivity index (χ4v) is 3.78. The highest BCUT2D eigenvalue weighted by atomic mass is 32.1. The van der Waals surface area contributed by atoms with Gasteiger partial charge in [-0.1, -0.05) is 11.3 Å². The summed E-state index contributed by atoms with van der Waals surface area (Å²) in [7, 11) is 0. The van der Waals surface area contributed by atoms with Crippen LogP contribution in [0.15, 0.2) is 12.1 Å². The lowest BCUT2D eigenvalue weighted by molar-refractivity contribution is -0.133. The Labute approximate surface area is 108 Å². The Morgan fingerprint density at radius 1 is 1.39 bits per heavy atom. The van der Waals surface area contributed by atoms with Crippen molar-refractivity contribution in [2.45, 2.75) is 25.6 Å². The average Bonchev–Trinajstić information content (AvgIpc) is 2.78. The van der Waals surface area contributed by atoms with Gasteiger partial charge in [-0.15, -0.1) is 0 Å². The van der Waals surface area contributed by atoms with Crippen molar-refractivity contribution in [3.63, 3.8) is 0 Å². The fourth-order valence-electron chi connectivity index (χ4n) is 2.74. The number of anilines is 1. The molecule has 2 aromatic rings. The molecule has 5 rings (SSSR count). The van der Waals surface area contributed by atoms with Crippen molar-refractivity contribution in [3.8, 4) is 0 Å². The minimum absolute atomic E-state index is 0.177. The van der Waals surface area contributed by atoms with E-state index in [0.29, 0.717) is 17.8 Å². The third-order valence-corrected chi connectivity index (χ3v) is 4.85. The summed E-state index contributed by atoms with van der Waals surface area (Å²) in [5.41, 5.74) is 1.45. The van der Waals surface area contributed by atoms with Crippen LogP contribution in [-0.4, -0.2) is 30.3 Å². The lowest BCUT2D eigenvalue weighted by Crippen LogP contribution is -2.57. The van der Waals surface area contributed by atoms with Crippen LogP contribution in [0.25, 0.3) is 10.2 Å². The molecular weight excluding hydrogens is 251 g/mol. The number of rotatable bonds is 1. The summed E-state index contributed by atoms with van der Waals surface area (Å²) in [5, 5.41) is 0.997. The summed E-state index contributed by atoms with van der Waals surface area (Å²) in [6, 6.07) is 3.34. The highest BCUT2D eigenvalue weighted by molar-refractivity contribution is 7.22. The van der Waals surface area contributed by atoms with Gasteiger partial charge in [0.05, 0.1) is 22.4 Å². The second-order valence-electron chi connectivity index (χ2n) is 5.04. The molecule has 3 nitrogen and oxygen atoms in total. The number of hydrogen-bond donors (Lipinski definition) is 0. The number of fused-ring (bicyclic) bond motifs is 3. The first-order valence-corrected chi connectivity index (χ1v) is 6.98. The molecule has 94 valence electrons. The molecule has 3 aliphatic heterocycles. The topological polar surface area (TPSA) is 25.4 Å². The van der Waals surface area contributed by atoms with Crippen molar-refractivity contribution in [1.29, 1.82) is 0 Å². The standard InChI is InChI=1S/C13H13FN2OS/c1-7-10(14)2-3-11-12(7)15-13(18-11)16-5-8-4-9(6-16)17-8/h2-3,8-9H,4-6H2,1H3. The average molecular weight is 264 g/mol. The molecule has 4 heterocycles. The Morgan fingerprint density at radius 3 is 2.83 bits per heavy atom. The summed E-state index contributed by atoms with van der Waals surface area (Å²) in [4.78, 5) is 6.87. The zero-order valence-electron chi connectivity index (χ0n) is 10.0. The van der Waals surface area contributed by atoms with Gasteiger partial charge in [-0.2, -0.15) is 0 Å². The van der Waals surface area contributed by atoms with Gasteiger partial charge in [-0.3, -0.25) is 0 Å². The van der Waals surface area contributed by atoms with Gasteiger partial charge >= 0.3 is 0 Å². The maximum Gasteiger partial charge on any atom is 0.186 e. The predicted octanol–water partition coefficient (Wildman–Crippen LogP) is 2.72. The van der Waals surface area contributed by atoms with Gasteiger partial charge in [-0.05, 0) is 19.1 Å². The van der Waals surface area contributed by atoms with Crippen molar-refractivity contribution in [1.82, 2.24) is 4.98 Å². The maximum absolute atomic E-state index is 13.5. The second kappa shape index (κ2) is 3.65. The van der Waals surface area contributed by atoms with Gasteiger partial charge < -0.3 is 9.64 Å². The zero-order valence-corrected chi connectivity index (χ0v) is 10.8. The van der Waals surface area contributed by atoms with Crippen LogP contribution < -0.4 is 4.90 Å². The van der Waals surface area contributed by atoms with Gasteiger partial charge in [0.25, 0.3) is 0 Å². The monoisotopic (exact) mass is 264 g/mol. The second-order valence-corrected chi connectivity index (χ2v) is 6.05. The number of halogens is 1. The van der Waals surface area contributed by atoms with Crippen molar-refractivity contribution >= 4 is 26.7 Å². The molecule has 0 N–H and O–H groups in total. The van der Waals surface area contributed by atoms with E-state index in [-0.39, 0.29) is 5.82 Å². The van der Waals surface area contributed by atoms with Gasteiger partial charge in [0.15, 0.2) is 5.13 Å². The molecule has 2 bridgehead atoms. The Bertz CT molecular complexity index is 611. The van der Waals surface area contributed by atoms with Crippen molar-refractivity contribution in [2.24, 2.45) is 0 Å². The van der Waals surface area contributed by atoms with Gasteiger partial charge in [-0.25, -0.2) is 9.37 Å². The number of morpholine rings is 1. The van der Waals surface area contributed by atoms with E-state index >= 15 is 0 Å². The highest BCUT2D eigenvalue weighted by Gasteiger charge is 2.39. The normalized spacial score (nSPS) is 26.4. The van der Waals surface area contributed by atoms with Crippen LogP contribution in [0, 0.1) is 12.7 Å². The van der Waals surface area contributed by atoms with Crippen LogP contribution >= 0.6 is 11.3 Å². The Kier molecular flexibility index (Phi) is 2.17. The van der Waals surface area contributed by atoms with E-state index in [0.717, 1.165) is 28.4 Å². The third-order valence-electron chi connectivity index (χ3n) is 3.77. The van der Waals surface area contributed by atoms with Gasteiger partial charge in [0.1, 0.15) is 5.82 Å². The van der Waals surface area contributed by atoms with E-state index in [2.05, 4.69) is 9.88 Å². The van der Waals surface area contributed by atoms with Crippen LogP contribution in [0.1, 0.15) is 12.0 Å². The first-order chi connectivity index (χ1) is 8.70. The Hall–Kier alpha value is -1.20. The van der Waals surface area contributed by atoms with Crippen molar-refractivity contribution in [3.05, 3.63) is 23.5 Å². The molecule has 0 aliphatic carbocycles. The molecule has 0 radical (unpaired) electrons. The Balaban J connectivity index is 1.75. The molecule has 2 unspecified atom stereocenters. The number of piperidine rings is 1. The quantitative estimate of drug-likeness (QED) is 0.792. The van der Waals surface area contributed by atoms with E-state index in [1.165, 1.54) is 12.5 Å². The van der Waals surface area contributed by atoms with E-state index in [9.17, 15) is 4.39 Å². The van der Waals surface area contributed by atoms with Gasteiger partial charge in [0.2, 0.25) is 0 Å². The van der Waals surface area contributed by atoms with Crippen molar-refractivity contribution in [2.75, 3.05) is 18.0 Å². The molecule has 1 aromatic carbocycles. The maximum atomic E-state index is 13.5. The lowest BCUT2D eigenvalue weighted by Gasteiger charge is -2.46. The first-order valence-electron chi connectivity index (χ1n) is 6.17. The molecule has 0 amide bonds. The number of ether oxygens (including phenoxy) is 1. The summed E-state index contributed by atoms with van der Waals surface area (Å²) in [5.74, 6) is -0.177. The molecule has 3 saturated heterocycles. The number of nitrogens with zero attached hydrogens (tertiary/aromatic N) is 2. The highest BCUT2D eigenvalue weighted by Crippen LogP contribution is 2.36. The van der Waals surface area contributed by atoms with Gasteiger partial charge in [0, 0.05) is 25.1 Å². The molecule has 18 heavy (non-hydrogen) atoms. The molecule has 3 fully saturated rings. The molecule has 0 spiro atoms. The van der Waals surface area contributed by atoms with E-state index in [1.807, 2.05) is 6.07 Å². The SMILES string of the molecule is Cc1c(F)ccc2sc(N3CC4CC(C3)O4)nc12. The van der Waals surface area contributed by atoms with E-state index in [4.69, 9.17) is 4.74 Å². The third kappa shape index (κ3) is 1.47. The molecule has 5 heteroatoms. The molecular formula is C13H13FN2OS. The predicted molar refractivity (Wildman–Crippen MR) is 69.8 cm³/mol. The van der Waals surface area contributed by atoms with E-state index < -0.39 is 0 Å². The minimum atomic E-state index is -0.177. The van der Waals surface area contributed by atoms with Crippen LogP contribution in [-0.2, 0) is 4.74 Å². The van der Waals surface area contributed by atoms with E-state index in [1.54, 1.807) is 18.3 Å². The smallest absolute Gasteiger partial charge is 0.186 e. The fraction of sp³-hybridized carbons (Fsp3) is 0.462. The number of aryl methyl sites for hydroxylation is 1. The summed E-state index contributed by atoms with van der Waals surface area (Å²) < 4.78 is 20.2. The number of thiazole rings is 1. The van der Waals surface area contributed by atoms with Crippen LogP contribution in [0.5, 0.6) is 0 Å². The van der Waals surface area contributed by atoms with Crippen molar-refractivity contribution < 1.29 is 9.13 Å². The molecule has 1 aromatic heterocycles. The van der Waals surface area contributed by atoms with Crippen LogP contribution in [0.2, 0.25) is 0 Å². The van der Waals surface area contributed by atoms with Crippen LogP contribution in [0.4, 0.5) is 9.52 Å². The lowest BCUT2D eigenvalue weighted by atomic mass is 9.99. The first kappa shape index (κ1) is 10.7. The summed E-state index contributed by atoms with van der Waals surface area (Å²) in [6.45, 7) is 3.62. The molecule has 0 saturated carbocycles.